The molecule has 0 spiro atoms. The van der Waals surface area contributed by atoms with Crippen molar-refractivity contribution in [2.45, 2.75) is 13.8 Å². The molecule has 4 nitrogen and oxygen atoms in total. The summed E-state index contributed by atoms with van der Waals surface area (Å²) in [5.41, 5.74) is 2.65. The van der Waals surface area contributed by atoms with E-state index in [0.29, 0.717) is 5.56 Å². The van der Waals surface area contributed by atoms with Gasteiger partial charge in [-0.2, -0.15) is 0 Å². The fraction of sp³-hybridized carbons (Fsp3) is 0.333. The molecule has 0 heterocycles. The van der Waals surface area contributed by atoms with Crippen LogP contribution in [0.1, 0.15) is 21.5 Å². The second kappa shape index (κ2) is 4.79. The molecule has 0 atom stereocenters. The van der Waals surface area contributed by atoms with Crippen LogP contribution in [-0.2, 0) is 4.79 Å². The molecule has 0 unspecified atom stereocenters. The van der Waals surface area contributed by atoms with E-state index in [2.05, 4.69) is 0 Å². The van der Waals surface area contributed by atoms with Crippen molar-refractivity contribution in [1.82, 2.24) is 4.90 Å². The third-order valence-corrected chi connectivity index (χ3v) is 2.47. The molecule has 1 aromatic carbocycles. The van der Waals surface area contributed by atoms with Crippen LogP contribution < -0.4 is 0 Å². The Morgan fingerprint density at radius 1 is 1.25 bits per heavy atom. The number of aryl methyl sites for hydroxylation is 2. The zero-order valence-electron chi connectivity index (χ0n) is 9.65. The topological polar surface area (TPSA) is 57.6 Å². The second-order valence-electron chi connectivity index (χ2n) is 3.85. The minimum absolute atomic E-state index is 0.273. The molecule has 0 aromatic heterocycles. The van der Waals surface area contributed by atoms with Crippen LogP contribution in [0.2, 0.25) is 0 Å². The Bertz CT molecular complexity index is 426. The fourth-order valence-corrected chi connectivity index (χ4v) is 1.37. The molecule has 86 valence electrons. The molecule has 0 bridgehead atoms. The van der Waals surface area contributed by atoms with E-state index in [9.17, 15) is 9.59 Å². The van der Waals surface area contributed by atoms with E-state index in [1.807, 2.05) is 19.9 Å². The van der Waals surface area contributed by atoms with Crippen molar-refractivity contribution in [1.29, 1.82) is 0 Å². The molecule has 1 N–H and O–H groups in total. The molecule has 16 heavy (non-hydrogen) atoms. The molecule has 0 saturated heterocycles. The second-order valence-corrected chi connectivity index (χ2v) is 3.85. The van der Waals surface area contributed by atoms with Gasteiger partial charge in [0.15, 0.2) is 0 Å². The summed E-state index contributed by atoms with van der Waals surface area (Å²) in [4.78, 5) is 23.5. The van der Waals surface area contributed by atoms with Gasteiger partial charge >= 0.3 is 5.97 Å². The highest BCUT2D eigenvalue weighted by molar-refractivity contribution is 5.95. The van der Waals surface area contributed by atoms with Gasteiger partial charge in [0.2, 0.25) is 0 Å². The number of nitrogens with zero attached hydrogens (tertiary/aromatic N) is 1. The standard InChI is InChI=1S/C12H15NO3/c1-8-4-5-10(6-9(8)2)12(16)13(3)7-11(14)15/h4-6H,7H2,1-3H3,(H,14,15). The Hall–Kier alpha value is -1.84. The number of carbonyl (C=O) groups excluding carboxylic acids is 1. The van der Waals surface area contributed by atoms with Crippen LogP contribution in [0.5, 0.6) is 0 Å². The molecule has 1 rings (SSSR count). The maximum Gasteiger partial charge on any atom is 0.323 e. The van der Waals surface area contributed by atoms with Crippen molar-refractivity contribution >= 4 is 11.9 Å². The predicted molar refractivity (Wildman–Crippen MR) is 60.5 cm³/mol. The average molecular weight is 221 g/mol. The number of aliphatic carboxylic acids is 1. The van der Waals surface area contributed by atoms with Gasteiger partial charge in [-0.1, -0.05) is 6.07 Å². The van der Waals surface area contributed by atoms with E-state index in [0.717, 1.165) is 11.1 Å². The molecule has 0 aliphatic rings. The van der Waals surface area contributed by atoms with E-state index in [1.165, 1.54) is 11.9 Å². The van der Waals surface area contributed by atoms with Gasteiger partial charge in [0.25, 0.3) is 5.91 Å². The molecule has 0 saturated carbocycles. The molecule has 0 radical (unpaired) electrons. The van der Waals surface area contributed by atoms with Gasteiger partial charge < -0.3 is 10.0 Å². The lowest BCUT2D eigenvalue weighted by atomic mass is 10.1. The third kappa shape index (κ3) is 2.82. The minimum atomic E-state index is -1.01. The summed E-state index contributed by atoms with van der Waals surface area (Å²) in [6, 6.07) is 5.34. The summed E-state index contributed by atoms with van der Waals surface area (Å²) >= 11 is 0. The van der Waals surface area contributed by atoms with Crippen molar-refractivity contribution in [3.63, 3.8) is 0 Å². The Morgan fingerprint density at radius 3 is 2.38 bits per heavy atom. The van der Waals surface area contributed by atoms with E-state index < -0.39 is 5.97 Å². The van der Waals surface area contributed by atoms with E-state index in [1.54, 1.807) is 12.1 Å². The van der Waals surface area contributed by atoms with Crippen LogP contribution in [0, 0.1) is 13.8 Å². The number of carbonyl (C=O) groups is 2. The first-order chi connectivity index (χ1) is 7.41. The lowest BCUT2D eigenvalue weighted by molar-refractivity contribution is -0.137. The van der Waals surface area contributed by atoms with Crippen molar-refractivity contribution in [3.05, 3.63) is 34.9 Å². The maximum absolute atomic E-state index is 11.8. The first kappa shape index (κ1) is 12.2. The van der Waals surface area contributed by atoms with Crippen molar-refractivity contribution in [3.8, 4) is 0 Å². The molecule has 1 amide bonds. The average Bonchev–Trinajstić information content (AvgIpc) is 2.20. The van der Waals surface area contributed by atoms with Gasteiger partial charge in [-0.3, -0.25) is 9.59 Å². The number of hydrogen-bond donors (Lipinski definition) is 1. The lowest BCUT2D eigenvalue weighted by Gasteiger charge is -2.15. The number of benzene rings is 1. The van der Waals surface area contributed by atoms with Crippen LogP contribution in [-0.4, -0.2) is 35.5 Å². The molecular formula is C12H15NO3. The quantitative estimate of drug-likeness (QED) is 0.840. The van der Waals surface area contributed by atoms with Crippen molar-refractivity contribution < 1.29 is 14.7 Å². The monoisotopic (exact) mass is 221 g/mol. The molecule has 0 fully saturated rings. The number of likely N-dealkylation sites (N-methyl/N-ethyl adjacent to an activating group) is 1. The SMILES string of the molecule is Cc1ccc(C(=O)N(C)CC(=O)O)cc1C. The summed E-state index contributed by atoms with van der Waals surface area (Å²) in [5, 5.41) is 8.58. The lowest BCUT2D eigenvalue weighted by Crippen LogP contribution is -2.31. The van der Waals surface area contributed by atoms with Gasteiger partial charge in [-0.25, -0.2) is 0 Å². The first-order valence-corrected chi connectivity index (χ1v) is 4.96. The number of carboxylic acid groups (broad SMARTS) is 1. The van der Waals surface area contributed by atoms with Crippen LogP contribution in [0.25, 0.3) is 0 Å². The number of rotatable bonds is 3. The van der Waals surface area contributed by atoms with E-state index >= 15 is 0 Å². The summed E-state index contributed by atoms with van der Waals surface area (Å²) in [6.45, 7) is 3.60. The zero-order chi connectivity index (χ0) is 12.3. The zero-order valence-corrected chi connectivity index (χ0v) is 9.65. The number of hydrogen-bond acceptors (Lipinski definition) is 2. The molecule has 1 aromatic rings. The highest BCUT2D eigenvalue weighted by Crippen LogP contribution is 2.11. The molecule has 0 aliphatic carbocycles. The van der Waals surface area contributed by atoms with Gasteiger partial charge in [0.1, 0.15) is 6.54 Å². The third-order valence-electron chi connectivity index (χ3n) is 2.47. The number of carboxylic acids is 1. The summed E-state index contributed by atoms with van der Waals surface area (Å²) in [5.74, 6) is -1.29. The Balaban J connectivity index is 2.88. The Kier molecular flexibility index (Phi) is 3.66. The van der Waals surface area contributed by atoms with Gasteiger partial charge in [0.05, 0.1) is 0 Å². The summed E-state index contributed by atoms with van der Waals surface area (Å²) in [6.07, 6.45) is 0. The fourth-order valence-electron chi connectivity index (χ4n) is 1.37. The summed E-state index contributed by atoms with van der Waals surface area (Å²) in [7, 11) is 1.48. The highest BCUT2D eigenvalue weighted by atomic mass is 16.4. The molecule has 4 heteroatoms. The van der Waals surface area contributed by atoms with Gasteiger partial charge in [-0.15, -0.1) is 0 Å². The Morgan fingerprint density at radius 2 is 1.88 bits per heavy atom. The van der Waals surface area contributed by atoms with E-state index in [-0.39, 0.29) is 12.5 Å². The molecule has 0 aliphatic heterocycles. The normalized spacial score (nSPS) is 9.94. The highest BCUT2D eigenvalue weighted by Gasteiger charge is 2.14. The van der Waals surface area contributed by atoms with Gasteiger partial charge in [0, 0.05) is 12.6 Å². The van der Waals surface area contributed by atoms with Crippen LogP contribution >= 0.6 is 0 Å². The maximum atomic E-state index is 11.8. The van der Waals surface area contributed by atoms with Crippen LogP contribution in [0.4, 0.5) is 0 Å². The number of amides is 1. The molecular weight excluding hydrogens is 206 g/mol. The van der Waals surface area contributed by atoms with Crippen molar-refractivity contribution in [2.75, 3.05) is 13.6 Å². The predicted octanol–water partition coefficient (Wildman–Crippen LogP) is 1.46. The smallest absolute Gasteiger partial charge is 0.323 e. The summed E-state index contributed by atoms with van der Waals surface area (Å²) < 4.78 is 0. The van der Waals surface area contributed by atoms with Crippen LogP contribution in [0.15, 0.2) is 18.2 Å². The van der Waals surface area contributed by atoms with Crippen LogP contribution in [0.3, 0.4) is 0 Å². The largest absolute Gasteiger partial charge is 0.480 e. The van der Waals surface area contributed by atoms with Gasteiger partial charge in [-0.05, 0) is 37.1 Å². The minimum Gasteiger partial charge on any atom is -0.480 e. The van der Waals surface area contributed by atoms with E-state index in [4.69, 9.17) is 5.11 Å². The first-order valence-electron chi connectivity index (χ1n) is 4.96. The van der Waals surface area contributed by atoms with Crippen molar-refractivity contribution in [2.24, 2.45) is 0 Å². The Labute approximate surface area is 94.5 Å².